The normalized spacial score (nSPS) is 15.2. The molecule has 1 aliphatic rings. The first kappa shape index (κ1) is 19.9. The standard InChI is InChI=1S/C28H26N4O/c1-18(2)28(14-6-15-28)21-11-9-20(10-12-21)25-22(19-7-4-3-5-8-19)17-23-24(29-25)13-16-32-26(23)30-31-27(32)33/h3-5,7-13,16-18H,6,14-15H2,1-2H3,(H,31,33). The first-order chi connectivity index (χ1) is 16.1. The van der Waals surface area contributed by atoms with Crippen LogP contribution in [0, 0.1) is 5.92 Å². The van der Waals surface area contributed by atoms with Gasteiger partial charge in [-0.3, -0.25) is 0 Å². The molecular weight excluding hydrogens is 408 g/mol. The average Bonchev–Trinajstić information content (AvgIpc) is 3.19. The molecule has 0 amide bonds. The summed E-state index contributed by atoms with van der Waals surface area (Å²) in [5.41, 5.74) is 7.06. The fourth-order valence-electron chi connectivity index (χ4n) is 5.39. The van der Waals surface area contributed by atoms with Crippen molar-refractivity contribution in [3.05, 3.63) is 89.0 Å². The minimum Gasteiger partial charge on any atom is -0.250 e. The molecule has 6 rings (SSSR count). The van der Waals surface area contributed by atoms with Gasteiger partial charge in [0.15, 0.2) is 5.65 Å². The summed E-state index contributed by atoms with van der Waals surface area (Å²) < 4.78 is 1.53. The van der Waals surface area contributed by atoms with E-state index in [0.29, 0.717) is 17.0 Å². The van der Waals surface area contributed by atoms with Crippen molar-refractivity contribution < 1.29 is 0 Å². The lowest BCUT2D eigenvalue weighted by Crippen LogP contribution is -2.39. The molecule has 33 heavy (non-hydrogen) atoms. The van der Waals surface area contributed by atoms with Gasteiger partial charge in [0.05, 0.1) is 11.2 Å². The number of nitrogens with one attached hydrogen (secondary N) is 1. The van der Waals surface area contributed by atoms with Gasteiger partial charge in [0.1, 0.15) is 0 Å². The van der Waals surface area contributed by atoms with Gasteiger partial charge in [0.25, 0.3) is 0 Å². The Morgan fingerprint density at radius 1 is 0.970 bits per heavy atom. The van der Waals surface area contributed by atoms with Crippen LogP contribution in [0.1, 0.15) is 38.7 Å². The third kappa shape index (κ3) is 3.03. The second kappa shape index (κ2) is 7.41. The number of hydrogen-bond donors (Lipinski definition) is 1. The molecule has 0 spiro atoms. The molecule has 0 saturated heterocycles. The molecule has 1 fully saturated rings. The van der Waals surface area contributed by atoms with Crippen LogP contribution in [0.4, 0.5) is 0 Å². The lowest BCUT2D eigenvalue weighted by Gasteiger charge is -2.46. The van der Waals surface area contributed by atoms with Gasteiger partial charge >= 0.3 is 5.69 Å². The number of hydrogen-bond acceptors (Lipinski definition) is 3. The zero-order valence-electron chi connectivity index (χ0n) is 18.9. The number of benzene rings is 2. The summed E-state index contributed by atoms with van der Waals surface area (Å²) in [6.45, 7) is 4.68. The van der Waals surface area contributed by atoms with Crippen molar-refractivity contribution in [2.75, 3.05) is 0 Å². The Morgan fingerprint density at radius 3 is 2.39 bits per heavy atom. The van der Waals surface area contributed by atoms with E-state index in [9.17, 15) is 4.79 Å². The summed E-state index contributed by atoms with van der Waals surface area (Å²) in [7, 11) is 0. The van der Waals surface area contributed by atoms with Crippen molar-refractivity contribution in [3.63, 3.8) is 0 Å². The molecule has 0 bridgehead atoms. The minimum absolute atomic E-state index is 0.247. The van der Waals surface area contributed by atoms with E-state index in [0.717, 1.165) is 33.3 Å². The Hall–Kier alpha value is -3.73. The molecule has 0 atom stereocenters. The second-order valence-corrected chi connectivity index (χ2v) is 9.46. The van der Waals surface area contributed by atoms with E-state index in [1.807, 2.05) is 24.3 Å². The van der Waals surface area contributed by atoms with Gasteiger partial charge in [-0.15, -0.1) is 0 Å². The van der Waals surface area contributed by atoms with Crippen LogP contribution in [0.5, 0.6) is 0 Å². The topological polar surface area (TPSA) is 63.1 Å². The van der Waals surface area contributed by atoms with E-state index in [1.54, 1.807) is 6.20 Å². The van der Waals surface area contributed by atoms with Gasteiger partial charge < -0.3 is 0 Å². The van der Waals surface area contributed by atoms with Crippen LogP contribution in [-0.2, 0) is 5.41 Å². The number of aromatic nitrogens is 4. The Labute approximate surface area is 192 Å². The van der Waals surface area contributed by atoms with Crippen LogP contribution in [0.2, 0.25) is 0 Å². The van der Waals surface area contributed by atoms with Gasteiger partial charge in [-0.25, -0.2) is 19.3 Å². The van der Waals surface area contributed by atoms with Crippen molar-refractivity contribution in [2.24, 2.45) is 5.92 Å². The highest BCUT2D eigenvalue weighted by Gasteiger charge is 2.41. The van der Waals surface area contributed by atoms with E-state index in [4.69, 9.17) is 4.98 Å². The molecule has 5 heteroatoms. The maximum atomic E-state index is 12.1. The summed E-state index contributed by atoms with van der Waals surface area (Å²) >= 11 is 0. The molecule has 0 unspecified atom stereocenters. The summed E-state index contributed by atoms with van der Waals surface area (Å²) in [6.07, 6.45) is 5.59. The minimum atomic E-state index is -0.247. The quantitative estimate of drug-likeness (QED) is 0.378. The van der Waals surface area contributed by atoms with E-state index in [1.165, 1.54) is 29.2 Å². The lowest BCUT2D eigenvalue weighted by molar-refractivity contribution is 0.169. The molecule has 0 aliphatic heterocycles. The van der Waals surface area contributed by atoms with Crippen molar-refractivity contribution in [2.45, 2.75) is 38.5 Å². The Kier molecular flexibility index (Phi) is 4.47. The van der Waals surface area contributed by atoms with E-state index in [2.05, 4.69) is 66.5 Å². The number of fused-ring (bicyclic) bond motifs is 3. The van der Waals surface area contributed by atoms with Gasteiger partial charge in [-0.1, -0.05) is 74.9 Å². The summed E-state index contributed by atoms with van der Waals surface area (Å²) in [5, 5.41) is 7.63. The molecule has 5 nitrogen and oxygen atoms in total. The maximum Gasteiger partial charge on any atom is 0.347 e. The SMILES string of the molecule is CC(C)C1(c2ccc(-c3nc4ccn5c(=O)[nH]nc5c4cc3-c3ccccc3)cc2)CCC1. The fourth-order valence-corrected chi connectivity index (χ4v) is 5.39. The summed E-state index contributed by atoms with van der Waals surface area (Å²) in [5.74, 6) is 0.635. The zero-order chi connectivity index (χ0) is 22.6. The van der Waals surface area contributed by atoms with E-state index < -0.39 is 0 Å². The highest BCUT2D eigenvalue weighted by atomic mass is 16.1. The Bertz CT molecular complexity index is 1520. The van der Waals surface area contributed by atoms with Crippen LogP contribution >= 0.6 is 0 Å². The molecule has 5 aromatic rings. The zero-order valence-corrected chi connectivity index (χ0v) is 18.9. The first-order valence-corrected chi connectivity index (χ1v) is 11.6. The van der Waals surface area contributed by atoms with E-state index in [-0.39, 0.29) is 5.69 Å². The van der Waals surface area contributed by atoms with Gasteiger partial charge in [0, 0.05) is 22.7 Å². The van der Waals surface area contributed by atoms with Gasteiger partial charge in [0.2, 0.25) is 0 Å². The molecule has 0 radical (unpaired) electrons. The van der Waals surface area contributed by atoms with Crippen LogP contribution in [0.3, 0.4) is 0 Å². The molecular formula is C28H26N4O. The van der Waals surface area contributed by atoms with Crippen LogP contribution in [0.15, 0.2) is 77.7 Å². The van der Waals surface area contributed by atoms with E-state index >= 15 is 0 Å². The average molecular weight is 435 g/mol. The molecule has 1 saturated carbocycles. The fraction of sp³-hybridized carbons (Fsp3) is 0.250. The third-order valence-corrected chi connectivity index (χ3v) is 7.55. The largest absolute Gasteiger partial charge is 0.347 e. The molecule has 2 aromatic carbocycles. The number of nitrogens with zero attached hydrogens (tertiary/aromatic N) is 3. The number of aromatic amines is 1. The van der Waals surface area contributed by atoms with Crippen molar-refractivity contribution in [1.29, 1.82) is 0 Å². The molecule has 164 valence electrons. The first-order valence-electron chi connectivity index (χ1n) is 11.6. The summed E-state index contributed by atoms with van der Waals surface area (Å²) in [6, 6.07) is 23.3. The second-order valence-electron chi connectivity index (χ2n) is 9.46. The Morgan fingerprint density at radius 2 is 1.73 bits per heavy atom. The van der Waals surface area contributed by atoms with Crippen molar-refractivity contribution >= 4 is 16.6 Å². The number of rotatable bonds is 4. The van der Waals surface area contributed by atoms with Crippen molar-refractivity contribution in [1.82, 2.24) is 19.6 Å². The predicted octanol–water partition coefficient (Wildman–Crippen LogP) is 5.98. The monoisotopic (exact) mass is 434 g/mol. The van der Waals surface area contributed by atoms with Gasteiger partial charge in [-0.05, 0) is 47.4 Å². The molecule has 1 N–H and O–H groups in total. The third-order valence-electron chi connectivity index (χ3n) is 7.55. The predicted molar refractivity (Wildman–Crippen MR) is 132 cm³/mol. The number of H-pyrrole nitrogens is 1. The molecule has 3 heterocycles. The molecule has 3 aromatic heterocycles. The molecule has 1 aliphatic carbocycles. The van der Waals surface area contributed by atoms with Crippen molar-refractivity contribution in [3.8, 4) is 22.4 Å². The van der Waals surface area contributed by atoms with Gasteiger partial charge in [-0.2, -0.15) is 5.10 Å². The Balaban J connectivity index is 1.55. The van der Waals surface area contributed by atoms with Crippen LogP contribution < -0.4 is 5.69 Å². The number of pyridine rings is 2. The highest BCUT2D eigenvalue weighted by molar-refractivity contribution is 5.98. The highest BCUT2D eigenvalue weighted by Crippen LogP contribution is 2.49. The maximum absolute atomic E-state index is 12.1. The smallest absolute Gasteiger partial charge is 0.250 e. The van der Waals surface area contributed by atoms with Crippen LogP contribution in [0.25, 0.3) is 38.9 Å². The lowest BCUT2D eigenvalue weighted by atomic mass is 9.58. The van der Waals surface area contributed by atoms with Crippen LogP contribution in [-0.4, -0.2) is 19.6 Å². The summed E-state index contributed by atoms with van der Waals surface area (Å²) in [4.78, 5) is 17.2.